The van der Waals surface area contributed by atoms with E-state index in [0.717, 1.165) is 24.2 Å². The average Bonchev–Trinajstić information content (AvgIpc) is 3.03. The van der Waals surface area contributed by atoms with Crippen molar-refractivity contribution < 1.29 is 9.53 Å². The van der Waals surface area contributed by atoms with Crippen LogP contribution in [0, 0.1) is 29.6 Å². The molecule has 0 aromatic carbocycles. The van der Waals surface area contributed by atoms with Gasteiger partial charge in [-0.3, -0.25) is 4.79 Å². The second kappa shape index (κ2) is 2.91. The monoisotopic (exact) mass is 218 g/mol. The zero-order valence-corrected chi connectivity index (χ0v) is 9.74. The normalized spacial score (nSPS) is 47.7. The molecule has 0 heterocycles. The molecule has 0 radical (unpaired) electrons. The van der Waals surface area contributed by atoms with E-state index in [9.17, 15) is 4.79 Å². The fourth-order valence-corrected chi connectivity index (χ4v) is 5.15. The Balaban J connectivity index is 1.71. The van der Waals surface area contributed by atoms with Gasteiger partial charge in [0.2, 0.25) is 0 Å². The van der Waals surface area contributed by atoms with Gasteiger partial charge in [-0.05, 0) is 55.8 Å². The molecule has 4 bridgehead atoms. The van der Waals surface area contributed by atoms with E-state index >= 15 is 0 Å². The third-order valence-corrected chi connectivity index (χ3v) is 5.55. The van der Waals surface area contributed by atoms with Gasteiger partial charge in [0.25, 0.3) is 0 Å². The van der Waals surface area contributed by atoms with Crippen LogP contribution < -0.4 is 0 Å². The fourth-order valence-electron chi connectivity index (χ4n) is 5.15. The Morgan fingerprint density at radius 1 is 1.06 bits per heavy atom. The molecule has 5 atom stereocenters. The summed E-state index contributed by atoms with van der Waals surface area (Å²) in [6.07, 6.45) is 6.57. The van der Waals surface area contributed by atoms with Crippen molar-refractivity contribution in [1.82, 2.24) is 0 Å². The molecule has 2 heteroatoms. The van der Waals surface area contributed by atoms with Crippen LogP contribution in [-0.2, 0) is 9.53 Å². The molecule has 5 unspecified atom stereocenters. The largest absolute Gasteiger partial charge is 0.469 e. The molecule has 4 aliphatic carbocycles. The topological polar surface area (TPSA) is 26.3 Å². The molecule has 0 amide bonds. The van der Waals surface area contributed by atoms with Crippen LogP contribution in [0.2, 0.25) is 0 Å². The Morgan fingerprint density at radius 2 is 1.81 bits per heavy atom. The standard InChI is InChI=1S/C14H18O2/c1-16-14(15)11-6-9-5-10(11)13-8-3-2-7(4-8)12(9)13/h7-11H,2-6H2,1H3. The molecule has 0 saturated heterocycles. The first-order valence-electron chi connectivity index (χ1n) is 6.61. The maximum absolute atomic E-state index is 11.8. The van der Waals surface area contributed by atoms with Gasteiger partial charge >= 0.3 is 5.97 Å². The van der Waals surface area contributed by atoms with Crippen LogP contribution in [0.25, 0.3) is 0 Å². The van der Waals surface area contributed by atoms with E-state index in [4.69, 9.17) is 4.74 Å². The predicted molar refractivity (Wildman–Crippen MR) is 59.6 cm³/mol. The Kier molecular flexibility index (Phi) is 1.68. The molecule has 0 spiro atoms. The van der Waals surface area contributed by atoms with Gasteiger partial charge in [-0.2, -0.15) is 0 Å². The SMILES string of the molecule is COC(=O)C1CC2CC1C1=C2C2CCC1C2. The molecule has 2 saturated carbocycles. The van der Waals surface area contributed by atoms with Crippen LogP contribution in [0.5, 0.6) is 0 Å². The molecule has 0 aromatic rings. The minimum Gasteiger partial charge on any atom is -0.469 e. The number of methoxy groups -OCH3 is 1. The van der Waals surface area contributed by atoms with Gasteiger partial charge in [0.15, 0.2) is 0 Å². The second-order valence-corrected chi connectivity index (χ2v) is 6.02. The summed E-state index contributed by atoms with van der Waals surface area (Å²) in [6, 6.07) is 0. The first-order chi connectivity index (χ1) is 7.79. The van der Waals surface area contributed by atoms with Crippen molar-refractivity contribution in [2.75, 3.05) is 7.11 Å². The van der Waals surface area contributed by atoms with Crippen molar-refractivity contribution in [3.05, 3.63) is 11.1 Å². The molecule has 0 aromatic heterocycles. The van der Waals surface area contributed by atoms with Gasteiger partial charge in [0.1, 0.15) is 0 Å². The number of hydrogen-bond donors (Lipinski definition) is 0. The minimum atomic E-state index is 0.0434. The zero-order valence-electron chi connectivity index (χ0n) is 9.74. The van der Waals surface area contributed by atoms with Crippen molar-refractivity contribution in [1.29, 1.82) is 0 Å². The van der Waals surface area contributed by atoms with Crippen molar-refractivity contribution >= 4 is 5.97 Å². The lowest BCUT2D eigenvalue weighted by molar-refractivity contribution is -0.146. The third-order valence-electron chi connectivity index (χ3n) is 5.55. The van der Waals surface area contributed by atoms with Crippen molar-refractivity contribution in [2.24, 2.45) is 29.6 Å². The van der Waals surface area contributed by atoms with E-state index in [1.165, 1.54) is 32.8 Å². The molecule has 0 N–H and O–H groups in total. The molecule has 2 fully saturated rings. The minimum absolute atomic E-state index is 0.0434. The van der Waals surface area contributed by atoms with E-state index in [-0.39, 0.29) is 11.9 Å². The highest BCUT2D eigenvalue weighted by molar-refractivity contribution is 5.74. The third kappa shape index (κ3) is 0.922. The molecule has 4 rings (SSSR count). The maximum Gasteiger partial charge on any atom is 0.309 e. The number of carbonyl (C=O) groups is 1. The molecule has 86 valence electrons. The average molecular weight is 218 g/mol. The second-order valence-electron chi connectivity index (χ2n) is 6.02. The summed E-state index contributed by atoms with van der Waals surface area (Å²) in [4.78, 5) is 11.8. The van der Waals surface area contributed by atoms with Crippen LogP contribution in [-0.4, -0.2) is 13.1 Å². The number of allylic oxidation sites excluding steroid dienone is 2. The highest BCUT2D eigenvalue weighted by Crippen LogP contribution is 2.65. The van der Waals surface area contributed by atoms with Crippen LogP contribution >= 0.6 is 0 Å². The Bertz CT molecular complexity index is 396. The Hall–Kier alpha value is -0.790. The number of esters is 1. The van der Waals surface area contributed by atoms with E-state index in [1.807, 2.05) is 0 Å². The van der Waals surface area contributed by atoms with Gasteiger partial charge in [-0.15, -0.1) is 0 Å². The number of ether oxygens (including phenoxy) is 1. The fraction of sp³-hybridized carbons (Fsp3) is 0.786. The lowest BCUT2D eigenvalue weighted by Gasteiger charge is -2.28. The molecule has 2 nitrogen and oxygen atoms in total. The zero-order chi connectivity index (χ0) is 10.9. The van der Waals surface area contributed by atoms with Crippen LogP contribution in [0.1, 0.15) is 32.1 Å². The highest BCUT2D eigenvalue weighted by Gasteiger charge is 2.56. The maximum atomic E-state index is 11.8. The van der Waals surface area contributed by atoms with Crippen molar-refractivity contribution in [3.8, 4) is 0 Å². The van der Waals surface area contributed by atoms with Crippen LogP contribution in [0.15, 0.2) is 11.1 Å². The summed E-state index contributed by atoms with van der Waals surface area (Å²) >= 11 is 0. The lowest BCUT2D eigenvalue weighted by atomic mass is 9.77. The van der Waals surface area contributed by atoms with Crippen molar-refractivity contribution in [3.63, 3.8) is 0 Å². The molecular weight excluding hydrogens is 200 g/mol. The van der Waals surface area contributed by atoms with Crippen LogP contribution in [0.3, 0.4) is 0 Å². The number of rotatable bonds is 1. The smallest absolute Gasteiger partial charge is 0.309 e. The molecular formula is C14H18O2. The summed E-state index contributed by atoms with van der Waals surface area (Å²) in [5, 5.41) is 0. The van der Waals surface area contributed by atoms with Gasteiger partial charge in [0, 0.05) is 0 Å². The Labute approximate surface area is 96.0 Å². The van der Waals surface area contributed by atoms with E-state index in [1.54, 1.807) is 11.1 Å². The van der Waals surface area contributed by atoms with Crippen molar-refractivity contribution in [2.45, 2.75) is 32.1 Å². The summed E-state index contributed by atoms with van der Waals surface area (Å²) < 4.78 is 4.95. The quantitative estimate of drug-likeness (QED) is 0.384. The summed E-state index contributed by atoms with van der Waals surface area (Å²) in [7, 11) is 1.53. The van der Waals surface area contributed by atoms with Gasteiger partial charge in [-0.1, -0.05) is 11.1 Å². The van der Waals surface area contributed by atoms with Crippen LogP contribution in [0.4, 0.5) is 0 Å². The van der Waals surface area contributed by atoms with E-state index in [2.05, 4.69) is 0 Å². The predicted octanol–water partition coefficient (Wildman–Crippen LogP) is 2.54. The lowest BCUT2D eigenvalue weighted by Crippen LogP contribution is -2.26. The molecule has 4 aliphatic rings. The molecule has 16 heavy (non-hydrogen) atoms. The van der Waals surface area contributed by atoms with E-state index in [0.29, 0.717) is 5.92 Å². The Morgan fingerprint density at radius 3 is 2.56 bits per heavy atom. The van der Waals surface area contributed by atoms with Gasteiger partial charge < -0.3 is 4.74 Å². The number of fused-ring (bicyclic) bond motifs is 8. The highest BCUT2D eigenvalue weighted by atomic mass is 16.5. The first kappa shape index (κ1) is 9.26. The summed E-state index contributed by atoms with van der Waals surface area (Å²) in [5.41, 5.74) is 3.53. The van der Waals surface area contributed by atoms with E-state index < -0.39 is 0 Å². The van der Waals surface area contributed by atoms with Gasteiger partial charge in [0.05, 0.1) is 13.0 Å². The first-order valence-corrected chi connectivity index (χ1v) is 6.61. The summed E-state index contributed by atoms with van der Waals surface area (Å²) in [6.45, 7) is 0. The molecule has 0 aliphatic heterocycles. The number of hydrogen-bond acceptors (Lipinski definition) is 2. The summed E-state index contributed by atoms with van der Waals surface area (Å²) in [5.74, 6) is 3.33. The van der Waals surface area contributed by atoms with Gasteiger partial charge in [-0.25, -0.2) is 0 Å². The number of carbonyl (C=O) groups excluding carboxylic acids is 1.